The van der Waals surface area contributed by atoms with Crippen molar-refractivity contribution in [2.75, 3.05) is 0 Å². The Morgan fingerprint density at radius 2 is 0.444 bits per heavy atom. The SMILES string of the molecule is C=P([N-]P(=C)(c1ccccc1)c1ccccc1)(c1ccccc1)c1ccccc1.O=P(N=P(c1ccccc1)(c1ccccc1)c1ccccc1)(c1ccccc1)c1ccccc1. The average Bonchev–Trinajstić information content (AvgIpc) is 3.38. The smallest absolute Gasteiger partial charge is 0.247 e. The third-order valence-electron chi connectivity index (χ3n) is 10.9. The molecule has 0 N–H and O–H groups in total. The summed E-state index contributed by atoms with van der Waals surface area (Å²) >= 11 is 0. The number of nitrogens with zero attached hydrogens (tertiary/aromatic N) is 2. The van der Waals surface area contributed by atoms with Gasteiger partial charge in [-0.05, 0) is 45.5 Å². The van der Waals surface area contributed by atoms with Crippen molar-refractivity contribution in [1.82, 2.24) is 0 Å². The van der Waals surface area contributed by atoms with Gasteiger partial charge < -0.3 is 4.86 Å². The zero-order valence-corrected chi connectivity index (χ0v) is 38.6. The van der Waals surface area contributed by atoms with Gasteiger partial charge in [-0.2, -0.15) is 0 Å². The number of benzene rings is 9. The minimum atomic E-state index is -3.37. The second-order valence-corrected chi connectivity index (χ2v) is 26.5. The van der Waals surface area contributed by atoms with E-state index in [-0.39, 0.29) is 0 Å². The molecule has 0 aromatic heterocycles. The second-order valence-electron chi connectivity index (χ2n) is 14.9. The van der Waals surface area contributed by atoms with Gasteiger partial charge in [0, 0.05) is 26.5 Å². The molecule has 0 fully saturated rings. The first kappa shape index (κ1) is 43.6. The van der Waals surface area contributed by atoms with E-state index in [1.807, 2.05) is 140 Å². The molecule has 0 saturated carbocycles. The molecule has 310 valence electrons. The molecule has 0 spiro atoms. The summed E-state index contributed by atoms with van der Waals surface area (Å²) in [5.74, 6) is 0. The highest BCUT2D eigenvalue weighted by molar-refractivity contribution is 8.05. The Balaban J connectivity index is 0.000000175. The van der Waals surface area contributed by atoms with Gasteiger partial charge in [0.25, 0.3) is 0 Å². The molecule has 9 aromatic rings. The normalized spacial score (nSPS) is 11.7. The first-order valence-corrected chi connectivity index (χ1v) is 28.1. The van der Waals surface area contributed by atoms with E-state index in [9.17, 15) is 0 Å². The maximum absolute atomic E-state index is 15.2. The third-order valence-corrected chi connectivity index (χ3v) is 25.2. The molecule has 0 amide bonds. The first-order valence-electron chi connectivity index (χ1n) is 20.8. The lowest BCUT2D eigenvalue weighted by atomic mass is 10.4. The highest BCUT2D eigenvalue weighted by atomic mass is 31.2. The monoisotopic (exact) mass is 889 g/mol. The lowest BCUT2D eigenvalue weighted by Gasteiger charge is -2.50. The highest BCUT2D eigenvalue weighted by Crippen LogP contribution is 2.67. The van der Waals surface area contributed by atoms with Crippen LogP contribution in [-0.4, -0.2) is 12.6 Å². The van der Waals surface area contributed by atoms with Crippen LogP contribution in [0.1, 0.15) is 0 Å². The number of rotatable bonds is 12. The van der Waals surface area contributed by atoms with Crippen molar-refractivity contribution in [2.45, 2.75) is 0 Å². The van der Waals surface area contributed by atoms with Gasteiger partial charge in [0.1, 0.15) is 0 Å². The molecule has 0 bridgehead atoms. The molecule has 63 heavy (non-hydrogen) atoms. The minimum Gasteiger partial charge on any atom is -0.595 e. The Hall–Kier alpha value is -6.00. The standard InChI is InChI=1S/C30H25NOP2.C26H24NP2/c32-34(29-22-12-4-13-23-29,30-24-14-5-15-25-30)31-33(26-16-6-1-7-17-26,27-18-8-2-9-19-27)28-20-10-3-11-21-28;1-28(23-15-7-3-8-16-23,24-17-9-4-10-18-24)27-29(2,25-19-11-5-12-20-25)26-21-13-6-14-22-26/h1-25H;3-22H,1-2H2/q;-1. The second kappa shape index (κ2) is 20.0. The van der Waals surface area contributed by atoms with Crippen molar-refractivity contribution in [3.63, 3.8) is 0 Å². The Bertz CT molecular complexity index is 2700. The first-order chi connectivity index (χ1) is 30.9. The van der Waals surface area contributed by atoms with Crippen LogP contribution in [0.2, 0.25) is 0 Å². The van der Waals surface area contributed by atoms with E-state index < -0.39 is 28.4 Å². The van der Waals surface area contributed by atoms with E-state index in [0.717, 1.165) is 26.5 Å². The van der Waals surface area contributed by atoms with Gasteiger partial charge in [0.15, 0.2) is 0 Å². The van der Waals surface area contributed by atoms with Crippen LogP contribution >= 0.6 is 28.4 Å². The highest BCUT2D eigenvalue weighted by Gasteiger charge is 2.35. The van der Waals surface area contributed by atoms with Crippen LogP contribution in [0.3, 0.4) is 0 Å². The van der Waals surface area contributed by atoms with E-state index in [1.54, 1.807) is 0 Å². The summed E-state index contributed by atoms with van der Waals surface area (Å²) in [5, 5.41) is 9.43. The largest absolute Gasteiger partial charge is 0.595 e. The summed E-state index contributed by atoms with van der Waals surface area (Å²) in [6.07, 6.45) is 9.56. The van der Waals surface area contributed by atoms with Crippen LogP contribution < -0.4 is 47.7 Å². The Kier molecular flexibility index (Phi) is 13.9. The molecule has 0 saturated heterocycles. The fourth-order valence-corrected chi connectivity index (χ4v) is 22.4. The maximum Gasteiger partial charge on any atom is 0.247 e. The summed E-state index contributed by atoms with van der Waals surface area (Å²) in [4.78, 5) is 5.62. The van der Waals surface area contributed by atoms with Crippen LogP contribution in [-0.2, 0) is 4.57 Å². The van der Waals surface area contributed by atoms with E-state index in [4.69, 9.17) is 22.0 Å². The Morgan fingerprint density at radius 3 is 0.651 bits per heavy atom. The molecule has 0 atom stereocenters. The summed E-state index contributed by atoms with van der Waals surface area (Å²) in [6.45, 7) is 0. The summed E-state index contributed by atoms with van der Waals surface area (Å²) in [6, 6.07) is 92.4. The Morgan fingerprint density at radius 1 is 0.270 bits per heavy atom. The third kappa shape index (κ3) is 9.37. The minimum absolute atomic E-state index is 0.744. The molecule has 0 aliphatic carbocycles. The Labute approximate surface area is 373 Å². The van der Waals surface area contributed by atoms with E-state index in [0.29, 0.717) is 0 Å². The van der Waals surface area contributed by atoms with E-state index in [2.05, 4.69) is 133 Å². The summed E-state index contributed by atoms with van der Waals surface area (Å²) < 4.78 is 20.8. The van der Waals surface area contributed by atoms with E-state index >= 15 is 4.57 Å². The topological polar surface area (TPSA) is 43.5 Å². The van der Waals surface area contributed by atoms with Gasteiger partial charge >= 0.3 is 0 Å². The molecule has 0 aliphatic heterocycles. The molecular weight excluding hydrogens is 841 g/mol. The zero-order valence-electron chi connectivity index (χ0n) is 35.0. The van der Waals surface area contributed by atoms with Crippen molar-refractivity contribution < 1.29 is 4.57 Å². The lowest BCUT2D eigenvalue weighted by molar-refractivity contribution is 0.588. The van der Waals surface area contributed by atoms with Gasteiger partial charge in [0.05, 0.1) is 7.05 Å². The van der Waals surface area contributed by atoms with Crippen molar-refractivity contribution >= 4 is 88.8 Å². The fraction of sp³-hybridized carbons (Fsp3) is 0. The van der Waals surface area contributed by atoms with Gasteiger partial charge in [-0.25, -0.2) is 4.52 Å². The summed E-state index contributed by atoms with van der Waals surface area (Å²) in [7, 11) is -10.5. The molecular formula is C56H49N2OP4-. The molecule has 0 unspecified atom stereocenters. The van der Waals surface area contributed by atoms with Crippen molar-refractivity contribution in [1.29, 1.82) is 0 Å². The number of hydrogen-bond donors (Lipinski definition) is 0. The predicted molar refractivity (Wildman–Crippen MR) is 283 cm³/mol. The van der Waals surface area contributed by atoms with Gasteiger partial charge in [0.2, 0.25) is 7.29 Å². The molecule has 7 heteroatoms. The van der Waals surface area contributed by atoms with Crippen molar-refractivity contribution in [2.24, 2.45) is 4.52 Å². The zero-order chi connectivity index (χ0) is 43.4. The average molecular weight is 890 g/mol. The van der Waals surface area contributed by atoms with Crippen LogP contribution in [0.15, 0.2) is 278 Å². The van der Waals surface area contributed by atoms with Crippen LogP contribution in [0.25, 0.3) is 4.86 Å². The molecule has 9 rings (SSSR count). The van der Waals surface area contributed by atoms with Gasteiger partial charge in [-0.3, -0.25) is 4.57 Å². The van der Waals surface area contributed by atoms with Crippen molar-refractivity contribution in [3.8, 4) is 0 Å². The van der Waals surface area contributed by atoms with Gasteiger partial charge in [-0.1, -0.05) is 249 Å². The summed E-state index contributed by atoms with van der Waals surface area (Å²) in [5.41, 5.74) is 0. The number of hydrogen-bond acceptors (Lipinski definition) is 1. The van der Waals surface area contributed by atoms with E-state index in [1.165, 1.54) is 21.2 Å². The predicted octanol–water partition coefficient (Wildman–Crippen LogP) is 11.5. The molecule has 0 radical (unpaired) electrons. The van der Waals surface area contributed by atoms with Crippen LogP contribution in [0.5, 0.6) is 0 Å². The molecule has 0 heterocycles. The molecule has 3 nitrogen and oxygen atoms in total. The van der Waals surface area contributed by atoms with Crippen LogP contribution in [0.4, 0.5) is 0 Å². The molecule has 9 aromatic carbocycles. The molecule has 0 aliphatic rings. The fourth-order valence-electron chi connectivity index (χ4n) is 7.70. The maximum atomic E-state index is 15.2. The van der Waals surface area contributed by atoms with Crippen molar-refractivity contribution in [3.05, 3.63) is 278 Å². The lowest BCUT2D eigenvalue weighted by Crippen LogP contribution is -2.26. The quantitative estimate of drug-likeness (QED) is 0.113. The van der Waals surface area contributed by atoms with Crippen LogP contribution in [0, 0.1) is 0 Å². The van der Waals surface area contributed by atoms with Gasteiger partial charge in [-0.15, -0.1) is 26.7 Å².